The molecule has 0 aliphatic carbocycles. The number of anilines is 2. The van der Waals surface area contributed by atoms with E-state index in [2.05, 4.69) is 10.6 Å². The first kappa shape index (κ1) is 20.5. The summed E-state index contributed by atoms with van der Waals surface area (Å²) in [6, 6.07) is 5.57. The van der Waals surface area contributed by atoms with Crippen molar-refractivity contribution in [1.29, 1.82) is 5.26 Å². The van der Waals surface area contributed by atoms with Crippen LogP contribution in [0.2, 0.25) is 0 Å². The Balaban J connectivity index is 2.35. The fraction of sp³-hybridized carbons (Fsp3) is 0.444. The number of aryl methyl sites for hydroxylation is 1. The molecule has 0 aromatic heterocycles. The number of hydrogen-bond donors (Lipinski definition) is 2. The van der Waals surface area contributed by atoms with Crippen LogP contribution in [-0.2, 0) is 16.0 Å². The van der Waals surface area contributed by atoms with Crippen molar-refractivity contribution < 1.29 is 19.1 Å². The Hall–Kier alpha value is -2.86. The van der Waals surface area contributed by atoms with E-state index in [1.165, 1.54) is 12.0 Å². The van der Waals surface area contributed by atoms with Crippen molar-refractivity contribution in [3.05, 3.63) is 17.7 Å². The number of nitrogens with one attached hydrogen (secondary N) is 2. The third-order valence-corrected chi connectivity index (χ3v) is 4.40. The van der Waals surface area contributed by atoms with Crippen LogP contribution in [0.1, 0.15) is 25.8 Å². The fourth-order valence-corrected chi connectivity index (χ4v) is 3.05. The molecule has 0 fully saturated rings. The number of hydrogen-bond acceptors (Lipinski definition) is 6. The zero-order valence-corrected chi connectivity index (χ0v) is 16.3. The van der Waals surface area contributed by atoms with Gasteiger partial charge < -0.3 is 14.8 Å². The van der Waals surface area contributed by atoms with Crippen LogP contribution < -0.4 is 20.3 Å². The predicted molar refractivity (Wildman–Crippen MR) is 105 cm³/mol. The summed E-state index contributed by atoms with van der Waals surface area (Å²) < 4.78 is 10.2. The number of carbonyl (C=O) groups excluding carboxylic acids is 2. The van der Waals surface area contributed by atoms with Crippen molar-refractivity contribution >= 4 is 40.7 Å². The van der Waals surface area contributed by atoms with Gasteiger partial charge in [0, 0.05) is 12.0 Å². The normalized spacial score (nSPS) is 15.9. The molecule has 1 heterocycles. The molecule has 0 saturated carbocycles. The van der Waals surface area contributed by atoms with Gasteiger partial charge in [-0.3, -0.25) is 15.0 Å². The van der Waals surface area contributed by atoms with Gasteiger partial charge in [-0.25, -0.2) is 4.79 Å². The Morgan fingerprint density at radius 1 is 1.48 bits per heavy atom. The molecule has 2 N–H and O–H groups in total. The highest BCUT2D eigenvalue weighted by Crippen LogP contribution is 2.37. The van der Waals surface area contributed by atoms with Gasteiger partial charge in [-0.1, -0.05) is 6.92 Å². The number of benzene rings is 1. The highest BCUT2D eigenvalue weighted by molar-refractivity contribution is 7.80. The van der Waals surface area contributed by atoms with Crippen LogP contribution in [0.25, 0.3) is 0 Å². The lowest BCUT2D eigenvalue weighted by atomic mass is 10.0. The Labute approximate surface area is 163 Å². The monoisotopic (exact) mass is 390 g/mol. The highest BCUT2D eigenvalue weighted by atomic mass is 32.1. The Kier molecular flexibility index (Phi) is 6.96. The van der Waals surface area contributed by atoms with Crippen molar-refractivity contribution in [2.75, 3.05) is 30.5 Å². The molecule has 0 saturated heterocycles. The standard InChI is InChI=1S/C18H22N4O4S/c1-4-26-18(24)21-17(27)20-13-9-12-6-5-11(2)16(23)22(8-7-19)14(12)10-15(13)25-3/h9-11H,4-6,8H2,1-3H3,(H2,20,21,24,27). The van der Waals surface area contributed by atoms with E-state index in [1.807, 2.05) is 19.1 Å². The van der Waals surface area contributed by atoms with Crippen LogP contribution in [0.5, 0.6) is 5.75 Å². The first-order valence-electron chi connectivity index (χ1n) is 8.55. The van der Waals surface area contributed by atoms with Gasteiger partial charge in [-0.2, -0.15) is 5.26 Å². The van der Waals surface area contributed by atoms with E-state index < -0.39 is 6.09 Å². The van der Waals surface area contributed by atoms with E-state index in [1.54, 1.807) is 13.0 Å². The second kappa shape index (κ2) is 9.19. The quantitative estimate of drug-likeness (QED) is 0.601. The maximum absolute atomic E-state index is 12.6. The van der Waals surface area contributed by atoms with Crippen LogP contribution in [0.15, 0.2) is 12.1 Å². The first-order valence-corrected chi connectivity index (χ1v) is 8.96. The van der Waals surface area contributed by atoms with Crippen molar-refractivity contribution in [2.45, 2.75) is 26.7 Å². The SMILES string of the molecule is CCOC(=O)NC(=S)Nc1cc2c(cc1OC)N(CC#N)C(=O)C(C)CC2. The molecule has 1 aromatic carbocycles. The minimum absolute atomic E-state index is 0.0328. The maximum atomic E-state index is 12.6. The second-order valence-electron chi connectivity index (χ2n) is 6.00. The average molecular weight is 390 g/mol. The van der Waals surface area contributed by atoms with Gasteiger partial charge in [0.25, 0.3) is 0 Å². The molecule has 1 unspecified atom stereocenters. The van der Waals surface area contributed by atoms with E-state index in [-0.39, 0.29) is 30.1 Å². The van der Waals surface area contributed by atoms with Crippen molar-refractivity contribution in [3.8, 4) is 11.8 Å². The summed E-state index contributed by atoms with van der Waals surface area (Å²) in [5.74, 6) is 0.171. The van der Waals surface area contributed by atoms with Gasteiger partial charge in [0.1, 0.15) is 12.3 Å². The number of amides is 2. The molecule has 1 atom stereocenters. The number of nitrogens with zero attached hydrogens (tertiary/aromatic N) is 2. The molecular formula is C18H22N4O4S. The number of methoxy groups -OCH3 is 1. The molecule has 2 amide bonds. The lowest BCUT2D eigenvalue weighted by molar-refractivity contribution is -0.121. The van der Waals surface area contributed by atoms with E-state index in [0.717, 1.165) is 5.56 Å². The van der Waals surface area contributed by atoms with Gasteiger partial charge in [-0.05, 0) is 43.6 Å². The smallest absolute Gasteiger partial charge is 0.413 e. The van der Waals surface area contributed by atoms with E-state index in [0.29, 0.717) is 30.0 Å². The molecule has 144 valence electrons. The van der Waals surface area contributed by atoms with Crippen LogP contribution in [0.3, 0.4) is 0 Å². The number of alkyl carbamates (subject to hydrolysis) is 1. The van der Waals surface area contributed by atoms with Gasteiger partial charge in [0.05, 0.1) is 31.2 Å². The molecular weight excluding hydrogens is 368 g/mol. The topological polar surface area (TPSA) is 104 Å². The van der Waals surface area contributed by atoms with Crippen LogP contribution in [0.4, 0.5) is 16.2 Å². The first-order chi connectivity index (χ1) is 12.9. The minimum Gasteiger partial charge on any atom is -0.494 e. The summed E-state index contributed by atoms with van der Waals surface area (Å²) in [5, 5.41) is 14.5. The average Bonchev–Trinajstić information content (AvgIpc) is 2.73. The largest absolute Gasteiger partial charge is 0.494 e. The van der Waals surface area contributed by atoms with Gasteiger partial charge in [-0.15, -0.1) is 0 Å². The summed E-state index contributed by atoms with van der Waals surface area (Å²) in [6.07, 6.45) is 0.690. The predicted octanol–water partition coefficient (Wildman–Crippen LogP) is 2.58. The van der Waals surface area contributed by atoms with Crippen molar-refractivity contribution in [1.82, 2.24) is 5.32 Å². The lowest BCUT2D eigenvalue weighted by Crippen LogP contribution is -2.35. The van der Waals surface area contributed by atoms with Crippen molar-refractivity contribution in [3.63, 3.8) is 0 Å². The zero-order chi connectivity index (χ0) is 20.0. The number of ether oxygens (including phenoxy) is 2. The van der Waals surface area contributed by atoms with Crippen molar-refractivity contribution in [2.24, 2.45) is 5.92 Å². The minimum atomic E-state index is -0.650. The van der Waals surface area contributed by atoms with Crippen LogP contribution in [-0.4, -0.2) is 37.4 Å². The number of fused-ring (bicyclic) bond motifs is 1. The molecule has 0 spiro atoms. The molecule has 8 nitrogen and oxygen atoms in total. The Morgan fingerprint density at radius 3 is 2.85 bits per heavy atom. The summed E-state index contributed by atoms with van der Waals surface area (Å²) in [6.45, 7) is 3.75. The molecule has 1 aliphatic heterocycles. The van der Waals surface area contributed by atoms with Gasteiger partial charge in [0.2, 0.25) is 5.91 Å². The third kappa shape index (κ3) is 4.86. The number of rotatable bonds is 4. The summed E-state index contributed by atoms with van der Waals surface area (Å²) in [5.41, 5.74) is 2.10. The highest BCUT2D eigenvalue weighted by Gasteiger charge is 2.28. The van der Waals surface area contributed by atoms with Gasteiger partial charge >= 0.3 is 6.09 Å². The molecule has 1 aromatic rings. The third-order valence-electron chi connectivity index (χ3n) is 4.19. The molecule has 1 aliphatic rings. The van der Waals surface area contributed by atoms with E-state index >= 15 is 0 Å². The molecule has 0 bridgehead atoms. The van der Waals surface area contributed by atoms with Crippen LogP contribution in [0, 0.1) is 17.2 Å². The summed E-state index contributed by atoms with van der Waals surface area (Å²) in [7, 11) is 1.49. The lowest BCUT2D eigenvalue weighted by Gasteiger charge is -2.23. The Bertz CT molecular complexity index is 790. The van der Waals surface area contributed by atoms with Gasteiger partial charge in [0.15, 0.2) is 5.11 Å². The molecule has 2 rings (SSSR count). The molecule has 0 radical (unpaired) electrons. The fourth-order valence-electron chi connectivity index (χ4n) is 2.86. The number of nitriles is 1. The second-order valence-corrected chi connectivity index (χ2v) is 6.41. The summed E-state index contributed by atoms with van der Waals surface area (Å²) >= 11 is 5.13. The van der Waals surface area contributed by atoms with E-state index in [4.69, 9.17) is 27.0 Å². The molecule has 27 heavy (non-hydrogen) atoms. The zero-order valence-electron chi connectivity index (χ0n) is 15.5. The summed E-state index contributed by atoms with van der Waals surface area (Å²) in [4.78, 5) is 25.6. The number of carbonyl (C=O) groups is 2. The molecule has 9 heteroatoms. The number of thiocarbonyl (C=S) groups is 1. The van der Waals surface area contributed by atoms with E-state index in [9.17, 15) is 9.59 Å². The Morgan fingerprint density at radius 2 is 2.22 bits per heavy atom. The van der Waals surface area contributed by atoms with Crippen LogP contribution >= 0.6 is 12.2 Å². The maximum Gasteiger partial charge on any atom is 0.413 e.